The van der Waals surface area contributed by atoms with Gasteiger partial charge in [0.05, 0.1) is 6.61 Å². The zero-order valence-corrected chi connectivity index (χ0v) is 12.8. The third-order valence-electron chi connectivity index (χ3n) is 3.71. The summed E-state index contributed by atoms with van der Waals surface area (Å²) in [7, 11) is -3.53. The average Bonchev–Trinajstić information content (AvgIpc) is 2.90. The van der Waals surface area contributed by atoms with Crippen molar-refractivity contribution in [2.24, 2.45) is 5.92 Å². The van der Waals surface area contributed by atoms with Crippen LogP contribution in [0.2, 0.25) is 0 Å². The fourth-order valence-electron chi connectivity index (χ4n) is 2.49. The molecule has 1 aliphatic heterocycles. The van der Waals surface area contributed by atoms with Crippen LogP contribution in [0, 0.1) is 5.92 Å². The van der Waals surface area contributed by atoms with Gasteiger partial charge in [0.2, 0.25) is 10.0 Å². The van der Waals surface area contributed by atoms with Gasteiger partial charge in [-0.05, 0) is 37.5 Å². The first-order chi connectivity index (χ1) is 9.48. The van der Waals surface area contributed by atoms with Gasteiger partial charge in [-0.1, -0.05) is 13.3 Å². The predicted octanol–water partition coefficient (Wildman–Crippen LogP) is 2.09. The minimum Gasteiger partial charge on any atom is -0.492 e. The van der Waals surface area contributed by atoms with Gasteiger partial charge in [-0.2, -0.15) is 4.31 Å². The van der Waals surface area contributed by atoms with Crippen molar-refractivity contribution in [3.8, 4) is 5.75 Å². The average molecular weight is 298 g/mol. The molecule has 1 unspecified atom stereocenters. The maximum atomic E-state index is 12.7. The second-order valence-corrected chi connectivity index (χ2v) is 6.97. The number of hydrogen-bond acceptors (Lipinski definition) is 4. The Balaban J connectivity index is 2.36. The van der Waals surface area contributed by atoms with Crippen LogP contribution in [0.4, 0.5) is 5.69 Å². The number of nitrogen functional groups attached to an aromatic ring is 1. The molecule has 2 N–H and O–H groups in total. The van der Waals surface area contributed by atoms with Crippen LogP contribution in [-0.2, 0) is 10.0 Å². The third-order valence-corrected chi connectivity index (χ3v) is 5.60. The van der Waals surface area contributed by atoms with Gasteiger partial charge in [0.25, 0.3) is 0 Å². The molecule has 0 saturated carbocycles. The summed E-state index contributed by atoms with van der Waals surface area (Å²) in [5.41, 5.74) is 6.16. The van der Waals surface area contributed by atoms with Crippen LogP contribution in [0.1, 0.15) is 26.7 Å². The molecular formula is C14H22N2O3S. The predicted molar refractivity (Wildman–Crippen MR) is 79.2 cm³/mol. The molecule has 0 bridgehead atoms. The van der Waals surface area contributed by atoms with E-state index < -0.39 is 10.0 Å². The lowest BCUT2D eigenvalue weighted by atomic mass is 10.1. The lowest BCUT2D eigenvalue weighted by Crippen LogP contribution is -2.29. The number of benzene rings is 1. The Kier molecular flexibility index (Phi) is 4.55. The molecular weight excluding hydrogens is 276 g/mol. The van der Waals surface area contributed by atoms with Crippen molar-refractivity contribution in [3.63, 3.8) is 0 Å². The molecule has 1 saturated heterocycles. The first-order valence-electron chi connectivity index (χ1n) is 7.01. The summed E-state index contributed by atoms with van der Waals surface area (Å²) in [5, 5.41) is 0. The second kappa shape index (κ2) is 6.01. The Hall–Kier alpha value is -1.27. The molecule has 5 nitrogen and oxygen atoms in total. The fourth-order valence-corrected chi connectivity index (χ4v) is 4.19. The molecule has 1 atom stereocenters. The lowest BCUT2D eigenvalue weighted by Gasteiger charge is -2.19. The van der Waals surface area contributed by atoms with Crippen LogP contribution in [0.5, 0.6) is 5.75 Å². The van der Waals surface area contributed by atoms with E-state index in [1.807, 2.05) is 6.92 Å². The third kappa shape index (κ3) is 2.91. The van der Waals surface area contributed by atoms with Crippen molar-refractivity contribution in [1.29, 1.82) is 0 Å². The Labute approximate surface area is 120 Å². The summed E-state index contributed by atoms with van der Waals surface area (Å²) in [5.74, 6) is 0.822. The van der Waals surface area contributed by atoms with Crippen molar-refractivity contribution in [3.05, 3.63) is 18.2 Å². The summed E-state index contributed by atoms with van der Waals surface area (Å²) in [6, 6.07) is 4.77. The van der Waals surface area contributed by atoms with E-state index in [-0.39, 0.29) is 4.90 Å². The van der Waals surface area contributed by atoms with Gasteiger partial charge in [-0.25, -0.2) is 8.42 Å². The molecule has 1 heterocycles. The Morgan fingerprint density at radius 1 is 1.40 bits per heavy atom. The van der Waals surface area contributed by atoms with Gasteiger partial charge in [-0.15, -0.1) is 0 Å². The molecule has 1 aromatic carbocycles. The van der Waals surface area contributed by atoms with E-state index in [1.54, 1.807) is 16.4 Å². The molecule has 112 valence electrons. The molecule has 1 aliphatic rings. The smallest absolute Gasteiger partial charge is 0.246 e. The largest absolute Gasteiger partial charge is 0.492 e. The lowest BCUT2D eigenvalue weighted by molar-refractivity contribution is 0.329. The van der Waals surface area contributed by atoms with Crippen molar-refractivity contribution in [2.45, 2.75) is 31.6 Å². The van der Waals surface area contributed by atoms with Gasteiger partial charge >= 0.3 is 0 Å². The first kappa shape index (κ1) is 15.1. The van der Waals surface area contributed by atoms with Crippen LogP contribution >= 0.6 is 0 Å². The van der Waals surface area contributed by atoms with E-state index in [1.165, 1.54) is 6.07 Å². The molecule has 0 aromatic heterocycles. The zero-order valence-electron chi connectivity index (χ0n) is 12.0. The van der Waals surface area contributed by atoms with E-state index >= 15 is 0 Å². The van der Waals surface area contributed by atoms with Crippen molar-refractivity contribution >= 4 is 15.7 Å². The number of ether oxygens (including phenoxy) is 1. The monoisotopic (exact) mass is 298 g/mol. The number of anilines is 1. The van der Waals surface area contributed by atoms with Crippen LogP contribution in [0.25, 0.3) is 0 Å². The van der Waals surface area contributed by atoms with Crippen molar-refractivity contribution in [1.82, 2.24) is 4.31 Å². The molecule has 20 heavy (non-hydrogen) atoms. The van der Waals surface area contributed by atoms with Crippen molar-refractivity contribution in [2.75, 3.05) is 25.4 Å². The highest BCUT2D eigenvalue weighted by atomic mass is 32.2. The van der Waals surface area contributed by atoms with Gasteiger partial charge in [0, 0.05) is 18.8 Å². The summed E-state index contributed by atoms with van der Waals surface area (Å²) in [4.78, 5) is 0.177. The number of sulfonamides is 1. The van der Waals surface area contributed by atoms with Gasteiger partial charge in [0.15, 0.2) is 0 Å². The number of nitrogens with two attached hydrogens (primary N) is 1. The Morgan fingerprint density at radius 2 is 2.15 bits per heavy atom. The van der Waals surface area contributed by atoms with E-state index in [2.05, 4.69) is 6.92 Å². The van der Waals surface area contributed by atoms with E-state index in [0.29, 0.717) is 37.1 Å². The van der Waals surface area contributed by atoms with Gasteiger partial charge in [0.1, 0.15) is 10.6 Å². The highest BCUT2D eigenvalue weighted by Crippen LogP contribution is 2.32. The Morgan fingerprint density at radius 3 is 2.75 bits per heavy atom. The minimum atomic E-state index is -3.53. The molecule has 0 spiro atoms. The van der Waals surface area contributed by atoms with Crippen LogP contribution < -0.4 is 10.5 Å². The normalized spacial score (nSPS) is 20.2. The highest BCUT2D eigenvalue weighted by Gasteiger charge is 2.33. The molecule has 2 rings (SSSR count). The molecule has 0 amide bonds. The van der Waals surface area contributed by atoms with E-state index in [4.69, 9.17) is 10.5 Å². The number of hydrogen-bond donors (Lipinski definition) is 1. The van der Waals surface area contributed by atoms with Crippen LogP contribution in [0.3, 0.4) is 0 Å². The standard InChI is InChI=1S/C14H22N2O3S/c1-3-11-7-8-16(10-11)20(17,18)14-9-12(15)5-6-13(14)19-4-2/h5-6,9,11H,3-4,7-8,10,15H2,1-2H3. The molecule has 6 heteroatoms. The highest BCUT2D eigenvalue weighted by molar-refractivity contribution is 7.89. The zero-order chi connectivity index (χ0) is 14.8. The maximum absolute atomic E-state index is 12.7. The van der Waals surface area contributed by atoms with E-state index in [0.717, 1.165) is 12.8 Å². The number of nitrogens with zero attached hydrogens (tertiary/aromatic N) is 1. The molecule has 0 aliphatic carbocycles. The van der Waals surface area contributed by atoms with Crippen molar-refractivity contribution < 1.29 is 13.2 Å². The molecule has 1 aromatic rings. The number of rotatable bonds is 5. The first-order valence-corrected chi connectivity index (χ1v) is 8.45. The van der Waals surface area contributed by atoms with Gasteiger partial charge < -0.3 is 10.5 Å². The molecule has 1 fully saturated rings. The van der Waals surface area contributed by atoms with Crippen LogP contribution in [-0.4, -0.2) is 32.4 Å². The SMILES string of the molecule is CCOc1ccc(N)cc1S(=O)(=O)N1CCC(CC)C1. The minimum absolute atomic E-state index is 0.177. The van der Waals surface area contributed by atoms with Crippen LogP contribution in [0.15, 0.2) is 23.1 Å². The summed E-state index contributed by atoms with van der Waals surface area (Å²) in [6.07, 6.45) is 1.92. The summed E-state index contributed by atoms with van der Waals surface area (Å²) < 4.78 is 32.4. The second-order valence-electron chi connectivity index (χ2n) is 5.07. The fraction of sp³-hybridized carbons (Fsp3) is 0.571. The quantitative estimate of drug-likeness (QED) is 0.845. The van der Waals surface area contributed by atoms with Gasteiger partial charge in [-0.3, -0.25) is 0 Å². The van der Waals surface area contributed by atoms with E-state index in [9.17, 15) is 8.42 Å². The maximum Gasteiger partial charge on any atom is 0.246 e. The molecule has 0 radical (unpaired) electrons. The summed E-state index contributed by atoms with van der Waals surface area (Å²) in [6.45, 7) is 5.49. The Bertz CT molecular complexity index is 572. The topological polar surface area (TPSA) is 72.6 Å². The summed E-state index contributed by atoms with van der Waals surface area (Å²) >= 11 is 0.